The molecule has 220 valence electrons. The lowest BCUT2D eigenvalue weighted by molar-refractivity contribution is -0.130. The van der Waals surface area contributed by atoms with Crippen LogP contribution in [-0.4, -0.2) is 65.2 Å². The van der Waals surface area contributed by atoms with Crippen molar-refractivity contribution in [3.8, 4) is 17.0 Å². The summed E-state index contributed by atoms with van der Waals surface area (Å²) in [5.74, 6) is -1.34. The summed E-state index contributed by atoms with van der Waals surface area (Å²) < 4.78 is 48.5. The van der Waals surface area contributed by atoms with Crippen LogP contribution in [0.25, 0.3) is 11.3 Å². The second-order valence-electron chi connectivity index (χ2n) is 10.7. The van der Waals surface area contributed by atoms with Gasteiger partial charge in [0.25, 0.3) is 0 Å². The van der Waals surface area contributed by atoms with E-state index in [4.69, 9.17) is 11.6 Å². The van der Waals surface area contributed by atoms with Gasteiger partial charge in [0, 0.05) is 25.2 Å². The van der Waals surface area contributed by atoms with Gasteiger partial charge in [0.15, 0.2) is 11.7 Å². The second-order valence-corrected chi connectivity index (χ2v) is 12.6. The van der Waals surface area contributed by atoms with E-state index in [0.717, 1.165) is 15.9 Å². The average molecular weight is 612 g/mol. The third-order valence-corrected chi connectivity index (χ3v) is 9.07. The average Bonchev–Trinajstić information content (AvgIpc) is 2.93. The third-order valence-electron chi connectivity index (χ3n) is 7.54. The molecule has 0 radical (unpaired) electrons. The number of amides is 1. The van der Waals surface area contributed by atoms with Gasteiger partial charge in [-0.2, -0.15) is 8.42 Å². The number of amidine groups is 1. The zero-order valence-electron chi connectivity index (χ0n) is 23.6. The zero-order valence-corrected chi connectivity index (χ0v) is 25.2. The number of pyridine rings is 1. The van der Waals surface area contributed by atoms with Crippen molar-refractivity contribution in [2.24, 2.45) is 4.40 Å². The van der Waals surface area contributed by atoms with Crippen molar-refractivity contribution >= 4 is 45.1 Å². The van der Waals surface area contributed by atoms with Gasteiger partial charge >= 0.3 is 10.2 Å². The van der Waals surface area contributed by atoms with E-state index in [2.05, 4.69) is 16.0 Å². The van der Waals surface area contributed by atoms with E-state index in [9.17, 15) is 18.3 Å². The van der Waals surface area contributed by atoms with Gasteiger partial charge in [-0.3, -0.25) is 4.79 Å². The fourth-order valence-electron chi connectivity index (χ4n) is 5.48. The maximum Gasteiger partial charge on any atom is 0.352 e. The molecular weight excluding hydrogens is 581 g/mol. The van der Waals surface area contributed by atoms with Crippen LogP contribution in [0.15, 0.2) is 65.6 Å². The first-order chi connectivity index (χ1) is 19.9. The Kier molecular flexibility index (Phi) is 7.76. The quantitative estimate of drug-likeness (QED) is 0.384. The number of hydrogen-bond acceptors (Lipinski definition) is 6. The SMILES string of the molecule is C=CC(=O)N1CC(C)N(C2=NS(=O)(=O)N(c3ccccc3C(C)C)c3nc(-c4c(O)cccc4F)c(Cl)cc32)CC1C. The van der Waals surface area contributed by atoms with Gasteiger partial charge in [-0.15, -0.1) is 4.40 Å². The molecule has 3 aromatic rings. The number of halogens is 2. The van der Waals surface area contributed by atoms with Crippen LogP contribution in [-0.2, 0) is 15.0 Å². The van der Waals surface area contributed by atoms with Gasteiger partial charge in [0.2, 0.25) is 5.91 Å². The maximum absolute atomic E-state index is 15.0. The highest BCUT2D eigenvalue weighted by molar-refractivity contribution is 7.92. The molecule has 1 saturated heterocycles. The number of aromatic hydroxyl groups is 1. The molecule has 2 aliphatic heterocycles. The smallest absolute Gasteiger partial charge is 0.352 e. The van der Waals surface area contributed by atoms with E-state index in [1.807, 2.05) is 44.7 Å². The number of carbonyl (C=O) groups is 1. The number of aromatic nitrogens is 1. The second kappa shape index (κ2) is 11.0. The molecule has 2 aliphatic rings. The van der Waals surface area contributed by atoms with Crippen LogP contribution in [0.1, 0.15) is 44.7 Å². The lowest BCUT2D eigenvalue weighted by atomic mass is 10.0. The van der Waals surface area contributed by atoms with Crippen molar-refractivity contribution in [2.75, 3.05) is 17.4 Å². The minimum absolute atomic E-state index is 0.000541. The summed E-state index contributed by atoms with van der Waals surface area (Å²) in [5, 5.41) is 10.5. The van der Waals surface area contributed by atoms with Crippen molar-refractivity contribution < 1.29 is 22.7 Å². The van der Waals surface area contributed by atoms with Crippen molar-refractivity contribution in [3.05, 3.63) is 83.2 Å². The molecule has 12 heteroatoms. The number of benzene rings is 2. The van der Waals surface area contributed by atoms with Crippen LogP contribution < -0.4 is 4.31 Å². The van der Waals surface area contributed by atoms with Crippen molar-refractivity contribution in [2.45, 2.75) is 45.7 Å². The molecule has 0 aliphatic carbocycles. The fraction of sp³-hybridized carbons (Fsp3) is 0.300. The molecule has 0 bridgehead atoms. The number of phenolic OH excluding ortho intramolecular Hbond substituents is 1. The van der Waals surface area contributed by atoms with E-state index in [1.165, 1.54) is 24.3 Å². The van der Waals surface area contributed by atoms with Gasteiger partial charge < -0.3 is 14.9 Å². The topological polar surface area (TPSA) is 106 Å². The summed E-state index contributed by atoms with van der Waals surface area (Å²) >= 11 is 6.69. The van der Waals surface area contributed by atoms with Crippen LogP contribution >= 0.6 is 11.6 Å². The highest BCUT2D eigenvalue weighted by atomic mass is 35.5. The lowest BCUT2D eigenvalue weighted by Crippen LogP contribution is -2.60. The third kappa shape index (κ3) is 5.00. The number of piperazine rings is 1. The van der Waals surface area contributed by atoms with Gasteiger partial charge in [0.05, 0.1) is 27.5 Å². The first-order valence-electron chi connectivity index (χ1n) is 13.5. The molecule has 2 aromatic carbocycles. The number of anilines is 2. The minimum Gasteiger partial charge on any atom is -0.507 e. The lowest BCUT2D eigenvalue weighted by Gasteiger charge is -2.46. The number of para-hydroxylation sites is 1. The molecule has 9 nitrogen and oxygen atoms in total. The van der Waals surface area contributed by atoms with E-state index in [1.54, 1.807) is 17.0 Å². The monoisotopic (exact) mass is 611 g/mol. The molecule has 0 spiro atoms. The van der Waals surface area contributed by atoms with Gasteiger partial charge in [0.1, 0.15) is 11.6 Å². The molecule has 1 amide bonds. The minimum atomic E-state index is -4.43. The summed E-state index contributed by atoms with van der Waals surface area (Å²) in [6, 6.07) is 11.7. The van der Waals surface area contributed by atoms with E-state index in [-0.39, 0.29) is 58.4 Å². The Morgan fingerprint density at radius 1 is 1.14 bits per heavy atom. The van der Waals surface area contributed by atoms with Crippen molar-refractivity contribution in [1.29, 1.82) is 0 Å². The molecule has 2 unspecified atom stereocenters. The maximum atomic E-state index is 15.0. The fourth-order valence-corrected chi connectivity index (χ4v) is 7.00. The van der Waals surface area contributed by atoms with Crippen molar-refractivity contribution in [3.63, 3.8) is 0 Å². The van der Waals surface area contributed by atoms with E-state index < -0.39 is 21.8 Å². The van der Waals surface area contributed by atoms with Crippen LogP contribution in [0.3, 0.4) is 0 Å². The number of carbonyl (C=O) groups excluding carboxylic acids is 1. The number of nitrogens with zero attached hydrogens (tertiary/aromatic N) is 5. The summed E-state index contributed by atoms with van der Waals surface area (Å²) in [4.78, 5) is 20.6. The molecule has 1 N–H and O–H groups in total. The zero-order chi connectivity index (χ0) is 30.5. The van der Waals surface area contributed by atoms with E-state index >= 15 is 4.39 Å². The normalized spacial score (nSPS) is 19.9. The number of fused-ring (bicyclic) bond motifs is 1. The molecule has 0 saturated carbocycles. The van der Waals surface area contributed by atoms with Crippen LogP contribution in [0.2, 0.25) is 5.02 Å². The Morgan fingerprint density at radius 2 is 1.86 bits per heavy atom. The Bertz CT molecular complexity index is 1710. The summed E-state index contributed by atoms with van der Waals surface area (Å²) in [6.45, 7) is 11.8. The van der Waals surface area contributed by atoms with Gasteiger partial charge in [-0.05, 0) is 55.7 Å². The molecule has 2 atom stereocenters. The highest BCUT2D eigenvalue weighted by Gasteiger charge is 2.42. The van der Waals surface area contributed by atoms with Gasteiger partial charge in [-0.1, -0.05) is 56.3 Å². The van der Waals surface area contributed by atoms with Crippen LogP contribution in [0.4, 0.5) is 15.9 Å². The Balaban J connectivity index is 1.76. The van der Waals surface area contributed by atoms with Gasteiger partial charge in [-0.25, -0.2) is 13.7 Å². The van der Waals surface area contributed by atoms with Crippen molar-refractivity contribution in [1.82, 2.24) is 14.8 Å². The largest absolute Gasteiger partial charge is 0.507 e. The Morgan fingerprint density at radius 3 is 2.52 bits per heavy atom. The predicted molar refractivity (Wildman–Crippen MR) is 162 cm³/mol. The number of hydrogen-bond donors (Lipinski definition) is 1. The number of rotatable bonds is 4. The predicted octanol–water partition coefficient (Wildman–Crippen LogP) is 5.62. The molecule has 5 rings (SSSR count). The van der Waals surface area contributed by atoms with E-state index in [0.29, 0.717) is 17.8 Å². The Labute approximate surface area is 249 Å². The van der Waals surface area contributed by atoms with Crippen LogP contribution in [0, 0.1) is 5.82 Å². The molecule has 3 heterocycles. The Hall–Kier alpha value is -3.96. The highest BCUT2D eigenvalue weighted by Crippen LogP contribution is 2.44. The molecular formula is C30H31ClFN5O4S. The first kappa shape index (κ1) is 29.5. The standard InChI is InChI=1S/C30H31ClFN5O4S/c1-6-26(39)35-15-19(5)36(16-18(35)4)30-21-14-22(31)28(27-23(32)11-9-13-25(27)38)33-29(21)37(42(40,41)34-30)24-12-8-7-10-20(24)17(2)3/h6-14,17-19,38H,1,15-16H2,2-5H3. The molecule has 42 heavy (non-hydrogen) atoms. The summed E-state index contributed by atoms with van der Waals surface area (Å²) in [7, 11) is -4.43. The first-order valence-corrected chi connectivity index (χ1v) is 15.3. The summed E-state index contributed by atoms with van der Waals surface area (Å²) in [6.07, 6.45) is 1.25. The summed E-state index contributed by atoms with van der Waals surface area (Å²) in [5.41, 5.74) is 1.03. The molecule has 1 aromatic heterocycles. The molecule has 1 fully saturated rings. The number of phenols is 1. The van der Waals surface area contributed by atoms with Crippen LogP contribution in [0.5, 0.6) is 5.75 Å².